The molecule has 0 N–H and O–H groups in total. The highest BCUT2D eigenvalue weighted by atomic mass is 35.5. The molecule has 0 radical (unpaired) electrons. The number of methoxy groups -OCH3 is 1. The normalized spacial score (nSPS) is 12.6. The largest absolute Gasteiger partial charge is 0.382 e. The van der Waals surface area contributed by atoms with E-state index in [0.717, 1.165) is 19.4 Å². The highest BCUT2D eigenvalue weighted by molar-refractivity contribution is 6.18. The van der Waals surface area contributed by atoms with Crippen LogP contribution in [-0.2, 0) is 9.47 Å². The van der Waals surface area contributed by atoms with Gasteiger partial charge in [-0.1, -0.05) is 29.8 Å². The Hall–Kier alpha value is -0.570. The summed E-state index contributed by atoms with van der Waals surface area (Å²) >= 11 is 6.06. The number of hydrogen-bond acceptors (Lipinski definition) is 2. The monoisotopic (exact) mass is 270 g/mol. The molecule has 0 heterocycles. The first-order chi connectivity index (χ1) is 8.77. The molecule has 0 saturated heterocycles. The van der Waals surface area contributed by atoms with Crippen LogP contribution < -0.4 is 0 Å². The second-order valence-corrected chi connectivity index (χ2v) is 4.82. The van der Waals surface area contributed by atoms with Gasteiger partial charge in [0.25, 0.3) is 0 Å². The topological polar surface area (TPSA) is 18.5 Å². The summed E-state index contributed by atoms with van der Waals surface area (Å²) in [7, 11) is 1.69. The Bertz CT molecular complexity index is 328. The van der Waals surface area contributed by atoms with Crippen LogP contribution in [0.2, 0.25) is 0 Å². The Morgan fingerprint density at radius 2 is 2.06 bits per heavy atom. The van der Waals surface area contributed by atoms with E-state index < -0.39 is 0 Å². The molecule has 1 unspecified atom stereocenters. The van der Waals surface area contributed by atoms with E-state index in [-0.39, 0.29) is 0 Å². The van der Waals surface area contributed by atoms with Crippen LogP contribution in [0.4, 0.5) is 0 Å². The van der Waals surface area contributed by atoms with Crippen molar-refractivity contribution >= 4 is 11.6 Å². The molecular formula is C15H23ClO2. The van der Waals surface area contributed by atoms with Gasteiger partial charge in [0.15, 0.2) is 0 Å². The van der Waals surface area contributed by atoms with E-state index in [1.54, 1.807) is 7.11 Å². The van der Waals surface area contributed by atoms with Crippen molar-refractivity contribution in [3.05, 3.63) is 35.4 Å². The van der Waals surface area contributed by atoms with Crippen molar-refractivity contribution in [3.63, 3.8) is 0 Å². The zero-order valence-electron chi connectivity index (χ0n) is 11.3. The molecule has 0 aliphatic heterocycles. The van der Waals surface area contributed by atoms with Gasteiger partial charge in [-0.15, -0.1) is 11.6 Å². The van der Waals surface area contributed by atoms with Crippen molar-refractivity contribution in [2.45, 2.75) is 25.7 Å². The molecule has 0 aliphatic carbocycles. The van der Waals surface area contributed by atoms with Gasteiger partial charge in [-0.05, 0) is 31.2 Å². The number of alkyl halides is 1. The number of rotatable bonds is 9. The maximum Gasteiger partial charge on any atom is 0.0700 e. The first kappa shape index (κ1) is 15.5. The van der Waals surface area contributed by atoms with E-state index in [1.165, 1.54) is 11.1 Å². The molecule has 0 amide bonds. The Morgan fingerprint density at radius 3 is 2.72 bits per heavy atom. The van der Waals surface area contributed by atoms with E-state index >= 15 is 0 Å². The maximum absolute atomic E-state index is 6.06. The molecule has 0 aromatic heterocycles. The first-order valence-corrected chi connectivity index (χ1v) is 7.00. The quantitative estimate of drug-likeness (QED) is 0.502. The van der Waals surface area contributed by atoms with Gasteiger partial charge in [-0.2, -0.15) is 0 Å². The van der Waals surface area contributed by atoms with Crippen molar-refractivity contribution in [2.24, 2.45) is 0 Å². The molecule has 0 aliphatic rings. The molecule has 18 heavy (non-hydrogen) atoms. The molecule has 0 spiro atoms. The fourth-order valence-electron chi connectivity index (χ4n) is 1.93. The molecule has 1 aromatic rings. The molecule has 1 rings (SSSR count). The molecule has 3 heteroatoms. The van der Waals surface area contributed by atoms with Gasteiger partial charge in [0.1, 0.15) is 0 Å². The van der Waals surface area contributed by atoms with Gasteiger partial charge >= 0.3 is 0 Å². The van der Waals surface area contributed by atoms with E-state index in [1.807, 2.05) is 0 Å². The third kappa shape index (κ3) is 5.85. The number of halogens is 1. The minimum Gasteiger partial charge on any atom is -0.382 e. The van der Waals surface area contributed by atoms with E-state index in [4.69, 9.17) is 21.1 Å². The fourth-order valence-corrected chi connectivity index (χ4v) is 2.27. The van der Waals surface area contributed by atoms with Crippen LogP contribution in [0.25, 0.3) is 0 Å². The Balaban J connectivity index is 2.29. The van der Waals surface area contributed by atoms with E-state index in [0.29, 0.717) is 25.0 Å². The Labute approximate surface area is 115 Å². The van der Waals surface area contributed by atoms with Crippen LogP contribution in [0, 0.1) is 6.92 Å². The molecular weight excluding hydrogens is 248 g/mol. The predicted molar refractivity (Wildman–Crippen MR) is 76.6 cm³/mol. The van der Waals surface area contributed by atoms with Crippen LogP contribution in [0.15, 0.2) is 24.3 Å². The van der Waals surface area contributed by atoms with Gasteiger partial charge in [0, 0.05) is 19.6 Å². The lowest BCUT2D eigenvalue weighted by Gasteiger charge is -2.15. The minimum absolute atomic E-state index is 0.428. The van der Waals surface area contributed by atoms with Gasteiger partial charge in [-0.3, -0.25) is 0 Å². The van der Waals surface area contributed by atoms with Gasteiger partial charge in [0.05, 0.1) is 13.2 Å². The zero-order valence-corrected chi connectivity index (χ0v) is 12.1. The van der Waals surface area contributed by atoms with Crippen LogP contribution >= 0.6 is 11.6 Å². The lowest BCUT2D eigenvalue weighted by Crippen LogP contribution is -2.06. The van der Waals surface area contributed by atoms with Crippen molar-refractivity contribution in [3.8, 4) is 0 Å². The number of hydrogen-bond donors (Lipinski definition) is 0. The second-order valence-electron chi connectivity index (χ2n) is 4.51. The summed E-state index contributed by atoms with van der Waals surface area (Å²) in [6.07, 6.45) is 2.11. The summed E-state index contributed by atoms with van der Waals surface area (Å²) in [6, 6.07) is 8.59. The molecule has 0 saturated carbocycles. The van der Waals surface area contributed by atoms with Gasteiger partial charge < -0.3 is 9.47 Å². The molecule has 0 fully saturated rings. The van der Waals surface area contributed by atoms with Crippen LogP contribution in [-0.4, -0.2) is 32.8 Å². The van der Waals surface area contributed by atoms with Gasteiger partial charge in [-0.25, -0.2) is 0 Å². The van der Waals surface area contributed by atoms with E-state index in [9.17, 15) is 0 Å². The number of ether oxygens (including phenoxy) is 2. The average molecular weight is 271 g/mol. The fraction of sp³-hybridized carbons (Fsp3) is 0.600. The Kier molecular flexibility index (Phi) is 8.06. The van der Waals surface area contributed by atoms with Crippen molar-refractivity contribution in [1.29, 1.82) is 0 Å². The predicted octanol–water partition coefficient (Wildman–Crippen LogP) is 3.76. The number of benzene rings is 1. The third-order valence-electron chi connectivity index (χ3n) is 2.97. The van der Waals surface area contributed by atoms with Crippen LogP contribution in [0.3, 0.4) is 0 Å². The highest BCUT2D eigenvalue weighted by Crippen LogP contribution is 2.23. The van der Waals surface area contributed by atoms with Crippen molar-refractivity contribution in [2.75, 3.05) is 32.8 Å². The maximum atomic E-state index is 6.06. The lowest BCUT2D eigenvalue weighted by atomic mass is 9.95. The SMILES string of the molecule is COCCOCCCC(CCl)c1cccc(C)c1. The second kappa shape index (κ2) is 9.37. The smallest absolute Gasteiger partial charge is 0.0700 e. The van der Waals surface area contributed by atoms with E-state index in [2.05, 4.69) is 31.2 Å². The Morgan fingerprint density at radius 1 is 1.22 bits per heavy atom. The number of aryl methyl sites for hydroxylation is 1. The molecule has 0 bridgehead atoms. The van der Waals surface area contributed by atoms with Crippen LogP contribution in [0.1, 0.15) is 29.9 Å². The summed E-state index contributed by atoms with van der Waals surface area (Å²) in [5.74, 6) is 1.10. The molecule has 2 nitrogen and oxygen atoms in total. The summed E-state index contributed by atoms with van der Waals surface area (Å²) in [4.78, 5) is 0. The lowest BCUT2D eigenvalue weighted by molar-refractivity contribution is 0.0683. The molecule has 1 atom stereocenters. The van der Waals surface area contributed by atoms with Crippen molar-refractivity contribution in [1.82, 2.24) is 0 Å². The molecule has 1 aromatic carbocycles. The van der Waals surface area contributed by atoms with Crippen molar-refractivity contribution < 1.29 is 9.47 Å². The summed E-state index contributed by atoms with van der Waals surface area (Å²) in [5.41, 5.74) is 2.63. The summed E-state index contributed by atoms with van der Waals surface area (Å²) < 4.78 is 10.4. The summed E-state index contributed by atoms with van der Waals surface area (Å²) in [5, 5.41) is 0. The minimum atomic E-state index is 0.428. The molecule has 102 valence electrons. The van der Waals surface area contributed by atoms with Crippen LogP contribution in [0.5, 0.6) is 0 Å². The standard InChI is InChI=1S/C15H23ClO2/c1-13-5-3-6-14(11-13)15(12-16)7-4-8-18-10-9-17-2/h3,5-6,11,15H,4,7-10,12H2,1-2H3. The summed E-state index contributed by atoms with van der Waals surface area (Å²) in [6.45, 7) is 4.23. The van der Waals surface area contributed by atoms with Gasteiger partial charge in [0.2, 0.25) is 0 Å². The average Bonchev–Trinajstić information content (AvgIpc) is 2.38. The third-order valence-corrected chi connectivity index (χ3v) is 3.35. The first-order valence-electron chi connectivity index (χ1n) is 6.47. The highest BCUT2D eigenvalue weighted by Gasteiger charge is 2.10. The zero-order chi connectivity index (χ0) is 13.2.